The largest absolute Gasteiger partial charge is 0.784 e. The molecule has 0 radical (unpaired) electrons. The molecule has 2 heterocycles. The molecule has 148 valence electrons. The zero-order valence-corrected chi connectivity index (χ0v) is 16.0. The van der Waals surface area contributed by atoms with Crippen LogP contribution in [0.25, 0.3) is 22.0 Å². The zero-order chi connectivity index (χ0) is 20.4. The van der Waals surface area contributed by atoms with Crippen molar-refractivity contribution >= 4 is 22.1 Å². The number of pyridine rings is 1. The molecule has 28 heavy (non-hydrogen) atoms. The number of aromatic hydroxyl groups is 2. The van der Waals surface area contributed by atoms with Gasteiger partial charge < -0.3 is 28.8 Å². The molecule has 2 aromatic carbocycles. The highest BCUT2D eigenvalue weighted by Gasteiger charge is 2.26. The minimum atomic E-state index is -3.11. The van der Waals surface area contributed by atoms with Gasteiger partial charge in [0.25, 0.3) is 0 Å². The highest BCUT2D eigenvalue weighted by atomic mass is 32.2. The second-order valence-electron chi connectivity index (χ2n) is 6.11. The van der Waals surface area contributed by atoms with Crippen LogP contribution in [-0.4, -0.2) is 37.7 Å². The van der Waals surface area contributed by atoms with Crippen molar-refractivity contribution in [2.45, 2.75) is 13.0 Å². The molecule has 8 nitrogen and oxygen atoms in total. The van der Waals surface area contributed by atoms with Crippen molar-refractivity contribution < 1.29 is 37.6 Å². The lowest BCUT2D eigenvalue weighted by Gasteiger charge is -2.17. The third-order valence-electron chi connectivity index (χ3n) is 4.60. The van der Waals surface area contributed by atoms with Gasteiger partial charge in [-0.3, -0.25) is 4.21 Å². The predicted molar refractivity (Wildman–Crippen MR) is 99.4 cm³/mol. The molecule has 0 amide bonds. The minimum Gasteiger partial charge on any atom is -0.784 e. The van der Waals surface area contributed by atoms with E-state index >= 15 is 0 Å². The number of benzene rings is 2. The number of phenols is 2. The van der Waals surface area contributed by atoms with Crippen LogP contribution < -0.4 is 14.0 Å². The van der Waals surface area contributed by atoms with E-state index in [9.17, 15) is 10.2 Å². The molecule has 0 unspecified atom stereocenters. The van der Waals surface area contributed by atoms with Crippen molar-refractivity contribution in [1.82, 2.24) is 0 Å². The summed E-state index contributed by atoms with van der Waals surface area (Å²) in [6.07, 6.45) is 2.84. The number of methoxy groups -OCH3 is 2. The number of hydrogen-bond donors (Lipinski definition) is 2. The molecular formula is C19H18NO7S-. The van der Waals surface area contributed by atoms with Gasteiger partial charge in [-0.25, -0.2) is 0 Å². The lowest BCUT2D eigenvalue weighted by Crippen LogP contribution is -2.40. The summed E-state index contributed by atoms with van der Waals surface area (Å²) < 4.78 is 38.4. The molecule has 9 heteroatoms. The predicted octanol–water partition coefficient (Wildman–Crippen LogP) is 1.77. The maximum absolute atomic E-state index is 9.87. The van der Waals surface area contributed by atoms with E-state index in [0.29, 0.717) is 11.5 Å². The number of nitrogens with zero attached hydrogens (tertiary/aromatic N) is 1. The van der Waals surface area contributed by atoms with Crippen LogP contribution in [0.5, 0.6) is 23.0 Å². The molecular weight excluding hydrogens is 386 g/mol. The average Bonchev–Trinajstić information content (AvgIpc) is 2.66. The third kappa shape index (κ3) is 3.72. The summed E-state index contributed by atoms with van der Waals surface area (Å²) in [7, 11) is 3.26. The molecule has 0 saturated heterocycles. The number of fused-ring (bicyclic) bond motifs is 4. The number of hydrogen-bond acceptors (Lipinski definition) is 7. The van der Waals surface area contributed by atoms with Crippen molar-refractivity contribution in [2.75, 3.05) is 14.2 Å². The third-order valence-corrected chi connectivity index (χ3v) is 4.60. The Balaban J connectivity index is 0.000000516. The van der Waals surface area contributed by atoms with Crippen molar-refractivity contribution in [2.24, 2.45) is 0 Å². The smallest absolute Gasteiger partial charge is 0.213 e. The molecule has 2 N–H and O–H groups in total. The maximum Gasteiger partial charge on any atom is 0.213 e. The number of aryl methyl sites for hydroxylation is 2. The van der Waals surface area contributed by atoms with Gasteiger partial charge in [0.15, 0.2) is 35.7 Å². The fourth-order valence-electron chi connectivity index (χ4n) is 3.40. The second kappa shape index (κ2) is 8.01. The number of rotatable bonds is 2. The van der Waals surface area contributed by atoms with E-state index in [1.807, 2.05) is 12.1 Å². The summed E-state index contributed by atoms with van der Waals surface area (Å²) in [5, 5.41) is 21.6. The maximum atomic E-state index is 9.87. The van der Waals surface area contributed by atoms with Gasteiger partial charge in [0.2, 0.25) is 5.69 Å². The van der Waals surface area contributed by atoms with E-state index in [1.165, 1.54) is 0 Å². The molecule has 4 rings (SSSR count). The quantitative estimate of drug-likeness (QED) is 0.379. The first-order valence-corrected chi connectivity index (χ1v) is 9.25. The monoisotopic (exact) mass is 404 g/mol. The summed E-state index contributed by atoms with van der Waals surface area (Å²) in [5.74, 6) is 1.23. The van der Waals surface area contributed by atoms with Crippen LogP contribution in [0.4, 0.5) is 0 Å². The van der Waals surface area contributed by atoms with Crippen molar-refractivity contribution in [3.05, 3.63) is 42.1 Å². The average molecular weight is 404 g/mol. The molecule has 0 spiro atoms. The van der Waals surface area contributed by atoms with Crippen LogP contribution in [0.2, 0.25) is 0 Å². The van der Waals surface area contributed by atoms with E-state index in [-0.39, 0.29) is 11.5 Å². The van der Waals surface area contributed by atoms with E-state index in [0.717, 1.165) is 40.6 Å². The Bertz CT molecular complexity index is 1060. The molecule has 1 aliphatic heterocycles. The summed E-state index contributed by atoms with van der Waals surface area (Å²) >= 11 is -3.11. The van der Waals surface area contributed by atoms with Crippen molar-refractivity contribution in [1.29, 1.82) is 0 Å². The first-order chi connectivity index (χ1) is 13.3. The van der Waals surface area contributed by atoms with Crippen molar-refractivity contribution in [3.8, 4) is 34.3 Å². The molecule has 0 saturated carbocycles. The lowest BCUT2D eigenvalue weighted by atomic mass is 9.95. The zero-order valence-electron chi connectivity index (χ0n) is 15.2. The second-order valence-corrected chi connectivity index (χ2v) is 6.52. The SMILES string of the molecule is COc1ccc2cc3[n+](cc2c1OC)CCc1cc(O)c(O)cc1-3.O=S([O-])[O-]. The van der Waals surface area contributed by atoms with E-state index in [4.69, 9.17) is 22.8 Å². The Morgan fingerprint density at radius 3 is 2.39 bits per heavy atom. The molecule has 0 aliphatic carbocycles. The van der Waals surface area contributed by atoms with Gasteiger partial charge in [0, 0.05) is 12.5 Å². The number of aromatic nitrogens is 1. The van der Waals surface area contributed by atoms with Gasteiger partial charge in [0.1, 0.15) is 0 Å². The molecule has 1 aromatic heterocycles. The highest BCUT2D eigenvalue weighted by Crippen LogP contribution is 2.39. The van der Waals surface area contributed by atoms with Crippen LogP contribution in [0.3, 0.4) is 0 Å². The Labute approximate surface area is 163 Å². The van der Waals surface area contributed by atoms with Crippen LogP contribution in [-0.2, 0) is 24.3 Å². The Hall–Kier alpha value is -2.88. The van der Waals surface area contributed by atoms with Gasteiger partial charge in [-0.2, -0.15) is 4.57 Å². The Morgan fingerprint density at radius 2 is 1.75 bits per heavy atom. The van der Waals surface area contributed by atoms with Gasteiger partial charge in [-0.15, -0.1) is 11.4 Å². The number of ether oxygens (including phenoxy) is 2. The molecule has 0 fully saturated rings. The normalized spacial score (nSPS) is 12.0. The van der Waals surface area contributed by atoms with Gasteiger partial charge >= 0.3 is 0 Å². The number of phenolic OH excluding ortho intramolecular Hbond substituents is 2. The van der Waals surface area contributed by atoms with Gasteiger partial charge in [-0.1, -0.05) is 0 Å². The molecule has 0 bridgehead atoms. The van der Waals surface area contributed by atoms with E-state index in [2.05, 4.69) is 16.8 Å². The standard InChI is InChI=1S/C19H17NO4.H2O3S/c1-23-18-4-3-11-7-15-13-9-17(22)16(21)8-12(13)5-6-20(15)10-14(11)19(18)24-2;1-4(2)3/h3-4,7-10,22H,5-6H2,1-2H3;(H2,1,2,3)/p-1. The summed E-state index contributed by atoms with van der Waals surface area (Å²) in [6, 6.07) is 9.23. The fraction of sp³-hybridized carbons (Fsp3) is 0.211. The molecule has 3 aromatic rings. The highest BCUT2D eigenvalue weighted by molar-refractivity contribution is 7.72. The van der Waals surface area contributed by atoms with E-state index < -0.39 is 11.4 Å². The first kappa shape index (κ1) is 19.9. The first-order valence-electron chi connectivity index (χ1n) is 8.25. The summed E-state index contributed by atoms with van der Waals surface area (Å²) in [4.78, 5) is 0. The van der Waals surface area contributed by atoms with Gasteiger partial charge in [0.05, 0.1) is 25.2 Å². The molecule has 1 aliphatic rings. The van der Waals surface area contributed by atoms with Crippen LogP contribution in [0.15, 0.2) is 36.5 Å². The Kier molecular flexibility index (Phi) is 5.68. The molecule has 0 atom stereocenters. The minimum absolute atomic E-state index is 0.0746. The van der Waals surface area contributed by atoms with Crippen molar-refractivity contribution in [3.63, 3.8) is 0 Å². The van der Waals surface area contributed by atoms with E-state index in [1.54, 1.807) is 26.4 Å². The summed E-state index contributed by atoms with van der Waals surface area (Å²) in [5.41, 5.74) is 2.98. The lowest BCUT2D eigenvalue weighted by molar-refractivity contribution is -0.686. The fourth-order valence-corrected chi connectivity index (χ4v) is 3.40. The Morgan fingerprint density at radius 1 is 1.07 bits per heavy atom. The van der Waals surface area contributed by atoms with Crippen LogP contribution >= 0.6 is 0 Å². The van der Waals surface area contributed by atoms with Gasteiger partial charge in [-0.05, 0) is 35.2 Å². The van der Waals surface area contributed by atoms with Crippen LogP contribution in [0.1, 0.15) is 5.56 Å². The summed E-state index contributed by atoms with van der Waals surface area (Å²) in [6.45, 7) is 0.794. The van der Waals surface area contributed by atoms with Crippen LogP contribution in [0, 0.1) is 0 Å². The topological polar surface area (TPSA) is 126 Å².